The number of halogens is 1. The molecule has 0 saturated carbocycles. The Bertz CT molecular complexity index is 260. The molecular weight excluding hydrogens is 182 g/mol. The van der Waals surface area contributed by atoms with Crippen molar-refractivity contribution >= 4 is 11.6 Å². The molecule has 0 radical (unpaired) electrons. The van der Waals surface area contributed by atoms with Crippen molar-refractivity contribution in [1.29, 1.82) is 0 Å². The second-order valence-electron chi connectivity index (χ2n) is 3.36. The van der Waals surface area contributed by atoms with Gasteiger partial charge in [-0.25, -0.2) is 0 Å². The molecular formula is C11H16ClN. The first-order chi connectivity index (χ1) is 6.22. The summed E-state index contributed by atoms with van der Waals surface area (Å²) in [6.07, 6.45) is 2.24. The van der Waals surface area contributed by atoms with Gasteiger partial charge in [0.05, 0.1) is 0 Å². The van der Waals surface area contributed by atoms with Crippen LogP contribution in [-0.4, -0.2) is 13.1 Å². The highest BCUT2D eigenvalue weighted by Gasteiger charge is 1.99. The van der Waals surface area contributed by atoms with Crippen molar-refractivity contribution in [2.45, 2.75) is 25.8 Å². The van der Waals surface area contributed by atoms with E-state index in [4.69, 9.17) is 11.6 Å². The molecule has 72 valence electrons. The zero-order valence-corrected chi connectivity index (χ0v) is 8.93. The minimum absolute atomic E-state index is 0.569. The number of aryl methyl sites for hydroxylation is 1. The summed E-state index contributed by atoms with van der Waals surface area (Å²) in [5.41, 5.74) is 1.31. The summed E-state index contributed by atoms with van der Waals surface area (Å²) < 4.78 is 0. The Morgan fingerprint density at radius 1 is 1.46 bits per heavy atom. The lowest BCUT2D eigenvalue weighted by molar-refractivity contribution is 0.565. The second-order valence-corrected chi connectivity index (χ2v) is 3.79. The van der Waals surface area contributed by atoms with Gasteiger partial charge in [-0.15, -0.1) is 0 Å². The Labute approximate surface area is 85.1 Å². The average molecular weight is 198 g/mol. The molecule has 1 aromatic rings. The number of hydrogen-bond acceptors (Lipinski definition) is 1. The zero-order valence-electron chi connectivity index (χ0n) is 8.18. The van der Waals surface area contributed by atoms with Crippen molar-refractivity contribution in [1.82, 2.24) is 5.32 Å². The van der Waals surface area contributed by atoms with Crippen LogP contribution in [0.4, 0.5) is 0 Å². The lowest BCUT2D eigenvalue weighted by Crippen LogP contribution is -2.21. The van der Waals surface area contributed by atoms with E-state index in [-0.39, 0.29) is 0 Å². The third-order valence-corrected chi connectivity index (χ3v) is 2.48. The topological polar surface area (TPSA) is 12.0 Å². The Morgan fingerprint density at radius 2 is 2.23 bits per heavy atom. The Hall–Kier alpha value is -0.530. The van der Waals surface area contributed by atoms with Crippen LogP contribution in [0, 0.1) is 0 Å². The van der Waals surface area contributed by atoms with E-state index in [0.717, 1.165) is 17.9 Å². The molecule has 0 amide bonds. The Kier molecular flexibility index (Phi) is 4.26. The molecule has 0 aromatic heterocycles. The SMILES string of the molecule is CN[C@H](C)CCc1cccc(Cl)c1. The van der Waals surface area contributed by atoms with Gasteiger partial charge in [0.2, 0.25) is 0 Å². The van der Waals surface area contributed by atoms with Crippen LogP contribution in [-0.2, 0) is 6.42 Å². The van der Waals surface area contributed by atoms with Crippen molar-refractivity contribution < 1.29 is 0 Å². The van der Waals surface area contributed by atoms with Crippen molar-refractivity contribution in [3.05, 3.63) is 34.9 Å². The molecule has 0 saturated heterocycles. The summed E-state index contributed by atoms with van der Waals surface area (Å²) in [7, 11) is 1.99. The molecule has 1 nitrogen and oxygen atoms in total. The summed E-state index contributed by atoms with van der Waals surface area (Å²) in [6, 6.07) is 8.63. The van der Waals surface area contributed by atoms with Crippen LogP contribution >= 0.6 is 11.6 Å². The molecule has 1 aromatic carbocycles. The van der Waals surface area contributed by atoms with Crippen LogP contribution in [0.15, 0.2) is 24.3 Å². The van der Waals surface area contributed by atoms with Crippen LogP contribution in [0.5, 0.6) is 0 Å². The van der Waals surface area contributed by atoms with Gasteiger partial charge in [0, 0.05) is 11.1 Å². The third kappa shape index (κ3) is 3.79. The zero-order chi connectivity index (χ0) is 9.68. The summed E-state index contributed by atoms with van der Waals surface area (Å²) in [4.78, 5) is 0. The van der Waals surface area contributed by atoms with Crippen LogP contribution in [0.1, 0.15) is 18.9 Å². The second kappa shape index (κ2) is 5.25. The molecule has 0 fully saturated rings. The summed E-state index contributed by atoms with van der Waals surface area (Å²) in [6.45, 7) is 2.19. The van der Waals surface area contributed by atoms with E-state index in [1.54, 1.807) is 0 Å². The van der Waals surface area contributed by atoms with E-state index in [1.165, 1.54) is 5.56 Å². The predicted molar refractivity (Wildman–Crippen MR) is 58.3 cm³/mol. The van der Waals surface area contributed by atoms with Crippen LogP contribution < -0.4 is 5.32 Å². The molecule has 0 bridgehead atoms. The minimum Gasteiger partial charge on any atom is -0.317 e. The van der Waals surface area contributed by atoms with Gasteiger partial charge in [0.25, 0.3) is 0 Å². The van der Waals surface area contributed by atoms with Gasteiger partial charge in [-0.1, -0.05) is 23.7 Å². The lowest BCUT2D eigenvalue weighted by atomic mass is 10.1. The summed E-state index contributed by atoms with van der Waals surface area (Å²) >= 11 is 5.88. The molecule has 0 aliphatic carbocycles. The lowest BCUT2D eigenvalue weighted by Gasteiger charge is -2.09. The van der Waals surface area contributed by atoms with Gasteiger partial charge in [-0.3, -0.25) is 0 Å². The fraction of sp³-hybridized carbons (Fsp3) is 0.455. The number of rotatable bonds is 4. The van der Waals surface area contributed by atoms with E-state index in [9.17, 15) is 0 Å². The fourth-order valence-corrected chi connectivity index (χ4v) is 1.43. The molecule has 0 aliphatic heterocycles. The molecule has 1 rings (SSSR count). The van der Waals surface area contributed by atoms with Crippen molar-refractivity contribution in [3.8, 4) is 0 Å². The van der Waals surface area contributed by atoms with Gasteiger partial charge in [-0.05, 0) is 44.5 Å². The molecule has 0 spiro atoms. The van der Waals surface area contributed by atoms with Crippen molar-refractivity contribution in [3.63, 3.8) is 0 Å². The monoisotopic (exact) mass is 197 g/mol. The van der Waals surface area contributed by atoms with Crippen molar-refractivity contribution in [2.24, 2.45) is 0 Å². The Balaban J connectivity index is 2.45. The maximum absolute atomic E-state index is 5.88. The molecule has 0 aliphatic rings. The van der Waals surface area contributed by atoms with E-state index in [2.05, 4.69) is 18.3 Å². The van der Waals surface area contributed by atoms with E-state index >= 15 is 0 Å². The highest BCUT2D eigenvalue weighted by molar-refractivity contribution is 6.30. The smallest absolute Gasteiger partial charge is 0.0408 e. The summed E-state index contributed by atoms with van der Waals surface area (Å²) in [5.74, 6) is 0. The van der Waals surface area contributed by atoms with Gasteiger partial charge in [-0.2, -0.15) is 0 Å². The van der Waals surface area contributed by atoms with Gasteiger partial charge >= 0.3 is 0 Å². The molecule has 13 heavy (non-hydrogen) atoms. The predicted octanol–water partition coefficient (Wildman–Crippen LogP) is 2.88. The molecule has 2 heteroatoms. The summed E-state index contributed by atoms with van der Waals surface area (Å²) in [5, 5.41) is 4.05. The standard InChI is InChI=1S/C11H16ClN/c1-9(13-2)6-7-10-4-3-5-11(12)8-10/h3-5,8-9,13H,6-7H2,1-2H3/t9-/m1/s1. The maximum Gasteiger partial charge on any atom is 0.0408 e. The minimum atomic E-state index is 0.569. The number of nitrogens with one attached hydrogen (secondary N) is 1. The number of benzene rings is 1. The molecule has 1 atom stereocenters. The van der Waals surface area contributed by atoms with Gasteiger partial charge in [0.1, 0.15) is 0 Å². The van der Waals surface area contributed by atoms with Gasteiger partial charge in [0.15, 0.2) is 0 Å². The maximum atomic E-state index is 5.88. The number of hydrogen-bond donors (Lipinski definition) is 1. The van der Waals surface area contributed by atoms with E-state index in [0.29, 0.717) is 6.04 Å². The van der Waals surface area contributed by atoms with Crippen LogP contribution in [0.2, 0.25) is 5.02 Å². The highest BCUT2D eigenvalue weighted by atomic mass is 35.5. The van der Waals surface area contributed by atoms with Crippen LogP contribution in [0.25, 0.3) is 0 Å². The van der Waals surface area contributed by atoms with Crippen molar-refractivity contribution in [2.75, 3.05) is 7.05 Å². The first kappa shape index (κ1) is 10.6. The average Bonchev–Trinajstić information content (AvgIpc) is 2.14. The fourth-order valence-electron chi connectivity index (χ4n) is 1.22. The normalized spacial score (nSPS) is 12.8. The van der Waals surface area contributed by atoms with E-state index in [1.807, 2.05) is 25.2 Å². The van der Waals surface area contributed by atoms with Gasteiger partial charge < -0.3 is 5.32 Å². The Morgan fingerprint density at radius 3 is 2.85 bits per heavy atom. The first-order valence-corrected chi connectivity index (χ1v) is 5.02. The third-order valence-electron chi connectivity index (χ3n) is 2.25. The quantitative estimate of drug-likeness (QED) is 0.783. The molecule has 0 heterocycles. The largest absolute Gasteiger partial charge is 0.317 e. The first-order valence-electron chi connectivity index (χ1n) is 4.64. The molecule has 1 N–H and O–H groups in total. The van der Waals surface area contributed by atoms with E-state index < -0.39 is 0 Å². The highest BCUT2D eigenvalue weighted by Crippen LogP contribution is 2.12. The molecule has 0 unspecified atom stereocenters. The van der Waals surface area contributed by atoms with Crippen LogP contribution in [0.3, 0.4) is 0 Å².